The minimum Gasteiger partial charge on any atom is -0.494 e. The van der Waals surface area contributed by atoms with Gasteiger partial charge in [0.15, 0.2) is 17.5 Å². The first-order chi connectivity index (χ1) is 14.6. The summed E-state index contributed by atoms with van der Waals surface area (Å²) in [5, 5.41) is 6.53. The van der Waals surface area contributed by atoms with Gasteiger partial charge in [-0.05, 0) is 50.1 Å². The van der Waals surface area contributed by atoms with E-state index in [1.54, 1.807) is 12.1 Å². The van der Waals surface area contributed by atoms with E-state index in [-0.39, 0.29) is 29.7 Å². The van der Waals surface area contributed by atoms with Crippen LogP contribution in [0.2, 0.25) is 0 Å². The van der Waals surface area contributed by atoms with Crippen LogP contribution in [0.4, 0.5) is 4.39 Å². The number of rotatable bonds is 11. The van der Waals surface area contributed by atoms with E-state index in [0.717, 1.165) is 22.4 Å². The number of aliphatic imine (C=N–C) groups is 1. The number of guanidine groups is 1. The first kappa shape index (κ1) is 27.0. The normalized spacial score (nSPS) is 10.9. The van der Waals surface area contributed by atoms with Gasteiger partial charge >= 0.3 is 0 Å². The van der Waals surface area contributed by atoms with Crippen LogP contribution in [0.5, 0.6) is 11.5 Å². The SMILES string of the molecule is CCNC(=NCc1ccc(OC)c(F)c1)NCc1ccc(C)cc1OCCOCC.I. The van der Waals surface area contributed by atoms with E-state index >= 15 is 0 Å². The van der Waals surface area contributed by atoms with Crippen LogP contribution in [0.25, 0.3) is 0 Å². The molecule has 0 unspecified atom stereocenters. The summed E-state index contributed by atoms with van der Waals surface area (Å²) in [6.45, 7) is 9.34. The summed E-state index contributed by atoms with van der Waals surface area (Å²) in [6.07, 6.45) is 0. The molecule has 0 bridgehead atoms. The van der Waals surface area contributed by atoms with E-state index in [4.69, 9.17) is 14.2 Å². The lowest BCUT2D eigenvalue weighted by atomic mass is 10.1. The summed E-state index contributed by atoms with van der Waals surface area (Å²) in [5.41, 5.74) is 2.92. The Labute approximate surface area is 201 Å². The second kappa shape index (κ2) is 14.9. The van der Waals surface area contributed by atoms with Gasteiger partial charge in [0, 0.05) is 25.3 Å². The number of aryl methyl sites for hydroxylation is 1. The summed E-state index contributed by atoms with van der Waals surface area (Å²) in [6, 6.07) is 11.0. The molecule has 6 nitrogen and oxygen atoms in total. The maximum absolute atomic E-state index is 13.9. The number of ether oxygens (including phenoxy) is 3. The third-order valence-corrected chi connectivity index (χ3v) is 4.34. The van der Waals surface area contributed by atoms with Crippen molar-refractivity contribution in [1.29, 1.82) is 0 Å². The zero-order chi connectivity index (χ0) is 21.8. The van der Waals surface area contributed by atoms with Gasteiger partial charge in [0.05, 0.1) is 20.3 Å². The Morgan fingerprint density at radius 3 is 2.52 bits per heavy atom. The largest absolute Gasteiger partial charge is 0.494 e. The molecule has 0 radical (unpaired) electrons. The van der Waals surface area contributed by atoms with Crippen molar-refractivity contribution in [3.8, 4) is 11.5 Å². The fourth-order valence-electron chi connectivity index (χ4n) is 2.80. The second-order valence-electron chi connectivity index (χ2n) is 6.67. The van der Waals surface area contributed by atoms with E-state index in [1.807, 2.05) is 32.9 Å². The van der Waals surface area contributed by atoms with Crippen molar-refractivity contribution in [3.63, 3.8) is 0 Å². The molecule has 2 N–H and O–H groups in total. The van der Waals surface area contributed by atoms with Gasteiger partial charge in [-0.1, -0.05) is 18.2 Å². The van der Waals surface area contributed by atoms with Gasteiger partial charge < -0.3 is 24.8 Å². The fourth-order valence-corrected chi connectivity index (χ4v) is 2.80. The highest BCUT2D eigenvalue weighted by atomic mass is 127. The van der Waals surface area contributed by atoms with Crippen LogP contribution in [0, 0.1) is 12.7 Å². The molecular weight excluding hydrogens is 512 g/mol. The summed E-state index contributed by atoms with van der Waals surface area (Å²) in [7, 11) is 1.45. The van der Waals surface area contributed by atoms with Gasteiger partial charge in [0.2, 0.25) is 0 Å². The van der Waals surface area contributed by atoms with E-state index in [1.165, 1.54) is 13.2 Å². The highest BCUT2D eigenvalue weighted by Gasteiger charge is 2.07. The summed E-state index contributed by atoms with van der Waals surface area (Å²) >= 11 is 0. The zero-order valence-electron chi connectivity index (χ0n) is 18.7. The topological polar surface area (TPSA) is 64.1 Å². The van der Waals surface area contributed by atoms with Crippen molar-refractivity contribution < 1.29 is 18.6 Å². The molecule has 0 atom stereocenters. The third-order valence-electron chi connectivity index (χ3n) is 4.34. The molecule has 8 heteroatoms. The number of nitrogens with zero attached hydrogens (tertiary/aromatic N) is 1. The standard InChI is InChI=1S/C23H32FN3O3.HI/c1-5-25-23(26-15-18-8-10-21(28-4)20(24)14-18)27-16-19-9-7-17(3)13-22(19)30-12-11-29-6-2;/h7-10,13-14H,5-6,11-12,15-16H2,1-4H3,(H2,25,26,27);1H. The molecule has 0 aromatic heterocycles. The van der Waals surface area contributed by atoms with E-state index in [2.05, 4.69) is 21.7 Å². The average molecular weight is 545 g/mol. The van der Waals surface area contributed by atoms with Crippen molar-refractivity contribution in [1.82, 2.24) is 10.6 Å². The number of hydrogen-bond acceptors (Lipinski definition) is 4. The molecule has 0 aliphatic carbocycles. The molecule has 2 aromatic rings. The molecule has 0 saturated carbocycles. The van der Waals surface area contributed by atoms with Gasteiger partial charge in [0.1, 0.15) is 12.4 Å². The van der Waals surface area contributed by atoms with Gasteiger partial charge in [-0.2, -0.15) is 0 Å². The van der Waals surface area contributed by atoms with Gasteiger partial charge in [-0.15, -0.1) is 24.0 Å². The van der Waals surface area contributed by atoms with E-state index < -0.39 is 5.82 Å². The smallest absolute Gasteiger partial charge is 0.191 e. The molecule has 0 heterocycles. The zero-order valence-corrected chi connectivity index (χ0v) is 21.0. The summed E-state index contributed by atoms with van der Waals surface area (Å²) in [5.74, 6) is 1.31. The van der Waals surface area contributed by atoms with Crippen molar-refractivity contribution in [2.75, 3.05) is 33.5 Å². The molecule has 31 heavy (non-hydrogen) atoms. The number of nitrogens with one attached hydrogen (secondary N) is 2. The van der Waals surface area contributed by atoms with Crippen LogP contribution in [0.3, 0.4) is 0 Å². The molecule has 0 aliphatic rings. The Bertz CT molecular complexity index is 834. The third kappa shape index (κ3) is 9.30. The van der Waals surface area contributed by atoms with Crippen LogP contribution in [-0.2, 0) is 17.8 Å². The first-order valence-corrected chi connectivity index (χ1v) is 10.2. The van der Waals surface area contributed by atoms with Crippen molar-refractivity contribution in [3.05, 3.63) is 58.9 Å². The highest BCUT2D eigenvalue weighted by molar-refractivity contribution is 14.0. The lowest BCUT2D eigenvalue weighted by Crippen LogP contribution is -2.36. The first-order valence-electron chi connectivity index (χ1n) is 10.2. The Kier molecular flexibility index (Phi) is 12.9. The van der Waals surface area contributed by atoms with Crippen molar-refractivity contribution in [2.24, 2.45) is 4.99 Å². The van der Waals surface area contributed by atoms with Crippen LogP contribution in [0.15, 0.2) is 41.4 Å². The molecule has 0 spiro atoms. The predicted octanol–water partition coefficient (Wildman–Crippen LogP) is 4.43. The number of hydrogen-bond donors (Lipinski definition) is 2. The Morgan fingerprint density at radius 2 is 1.84 bits per heavy atom. The maximum atomic E-state index is 13.9. The predicted molar refractivity (Wildman–Crippen MR) is 133 cm³/mol. The van der Waals surface area contributed by atoms with Gasteiger partial charge in [-0.25, -0.2) is 9.38 Å². The average Bonchev–Trinajstić information content (AvgIpc) is 2.74. The van der Waals surface area contributed by atoms with E-state index in [0.29, 0.717) is 45.4 Å². The molecule has 0 saturated heterocycles. The molecule has 2 aromatic carbocycles. The van der Waals surface area contributed by atoms with Crippen LogP contribution >= 0.6 is 24.0 Å². The highest BCUT2D eigenvalue weighted by Crippen LogP contribution is 2.20. The molecule has 0 amide bonds. The lowest BCUT2D eigenvalue weighted by molar-refractivity contribution is 0.110. The second-order valence-corrected chi connectivity index (χ2v) is 6.67. The Balaban J connectivity index is 0.00000480. The quantitative estimate of drug-likeness (QED) is 0.189. The lowest BCUT2D eigenvalue weighted by Gasteiger charge is -2.15. The monoisotopic (exact) mass is 545 g/mol. The van der Waals surface area contributed by atoms with Crippen molar-refractivity contribution >= 4 is 29.9 Å². The number of methoxy groups -OCH3 is 1. The van der Waals surface area contributed by atoms with Crippen LogP contribution < -0.4 is 20.1 Å². The maximum Gasteiger partial charge on any atom is 0.191 e. The van der Waals surface area contributed by atoms with Crippen molar-refractivity contribution in [2.45, 2.75) is 33.9 Å². The van der Waals surface area contributed by atoms with Crippen LogP contribution in [0.1, 0.15) is 30.5 Å². The minimum atomic E-state index is -0.392. The number of benzene rings is 2. The van der Waals surface area contributed by atoms with Gasteiger partial charge in [-0.3, -0.25) is 0 Å². The molecule has 0 aliphatic heterocycles. The molecule has 0 fully saturated rings. The summed E-state index contributed by atoms with van der Waals surface area (Å²) < 4.78 is 30.1. The van der Waals surface area contributed by atoms with Gasteiger partial charge in [0.25, 0.3) is 0 Å². The Morgan fingerprint density at radius 1 is 1.03 bits per heavy atom. The molecule has 2 rings (SSSR count). The number of halogens is 2. The van der Waals surface area contributed by atoms with Crippen LogP contribution in [-0.4, -0.2) is 39.4 Å². The summed E-state index contributed by atoms with van der Waals surface area (Å²) in [4.78, 5) is 4.56. The fraction of sp³-hybridized carbons (Fsp3) is 0.435. The minimum absolute atomic E-state index is 0. The molecule has 172 valence electrons. The molecular formula is C23H33FIN3O3. The van der Waals surface area contributed by atoms with E-state index in [9.17, 15) is 4.39 Å². The Hall–Kier alpha value is -2.07.